The number of hydrogen-bond acceptors (Lipinski definition) is 3. The summed E-state index contributed by atoms with van der Waals surface area (Å²) in [4.78, 5) is 12.9. The molecule has 0 aliphatic carbocycles. The van der Waals surface area contributed by atoms with Crippen LogP contribution in [0.1, 0.15) is 25.7 Å². The summed E-state index contributed by atoms with van der Waals surface area (Å²) in [6, 6.07) is 0.615. The topological polar surface area (TPSA) is 58.4 Å². The van der Waals surface area contributed by atoms with Crippen LogP contribution in [0.5, 0.6) is 0 Å². The minimum Gasteiger partial charge on any atom is -0.370 e. The predicted molar refractivity (Wildman–Crippen MR) is 57.0 cm³/mol. The first-order valence-corrected chi connectivity index (χ1v) is 5.39. The number of nitrogens with one attached hydrogen (secondary N) is 1. The maximum atomic E-state index is 10.6. The van der Waals surface area contributed by atoms with Gasteiger partial charge < -0.3 is 16.0 Å². The van der Waals surface area contributed by atoms with Crippen LogP contribution in [0.4, 0.5) is 0 Å². The van der Waals surface area contributed by atoms with Crippen molar-refractivity contribution < 1.29 is 4.79 Å². The second kappa shape index (κ2) is 5.98. The molecule has 3 N–H and O–H groups in total. The van der Waals surface area contributed by atoms with Crippen molar-refractivity contribution in [3.63, 3.8) is 0 Å². The molecule has 0 aromatic heterocycles. The molecule has 0 bridgehead atoms. The monoisotopic (exact) mass is 199 g/mol. The molecule has 1 aliphatic rings. The van der Waals surface area contributed by atoms with Crippen LogP contribution in [0, 0.1) is 0 Å². The Hall–Kier alpha value is -0.610. The van der Waals surface area contributed by atoms with Crippen LogP contribution in [-0.2, 0) is 4.79 Å². The van der Waals surface area contributed by atoms with Gasteiger partial charge in [0.2, 0.25) is 5.91 Å². The van der Waals surface area contributed by atoms with Crippen molar-refractivity contribution >= 4 is 5.91 Å². The first-order valence-electron chi connectivity index (χ1n) is 5.39. The molecule has 1 unspecified atom stereocenters. The Kier molecular flexibility index (Phi) is 4.90. The lowest BCUT2D eigenvalue weighted by molar-refractivity contribution is -0.118. The van der Waals surface area contributed by atoms with E-state index < -0.39 is 0 Å². The standard InChI is InChI=1S/C10H21N3O/c1-13(8-5-10(11)14)9-3-2-6-12-7-4-9/h9,12H,2-8H2,1H3,(H2,11,14). The normalized spacial score (nSPS) is 23.4. The van der Waals surface area contributed by atoms with Crippen LogP contribution in [0.3, 0.4) is 0 Å². The Morgan fingerprint density at radius 2 is 2.29 bits per heavy atom. The van der Waals surface area contributed by atoms with Gasteiger partial charge in [0.25, 0.3) is 0 Å². The van der Waals surface area contributed by atoms with Gasteiger partial charge in [0.1, 0.15) is 0 Å². The van der Waals surface area contributed by atoms with E-state index in [1.165, 1.54) is 19.3 Å². The fourth-order valence-electron chi connectivity index (χ4n) is 1.91. The van der Waals surface area contributed by atoms with E-state index >= 15 is 0 Å². The Labute approximate surface area is 85.8 Å². The summed E-state index contributed by atoms with van der Waals surface area (Å²) in [7, 11) is 2.08. The van der Waals surface area contributed by atoms with Gasteiger partial charge in [-0.2, -0.15) is 0 Å². The Balaban J connectivity index is 2.26. The minimum atomic E-state index is -0.205. The van der Waals surface area contributed by atoms with E-state index in [4.69, 9.17) is 5.73 Å². The molecule has 4 heteroatoms. The number of nitrogens with zero attached hydrogens (tertiary/aromatic N) is 1. The van der Waals surface area contributed by atoms with Gasteiger partial charge in [-0.1, -0.05) is 0 Å². The van der Waals surface area contributed by atoms with Crippen molar-refractivity contribution in [3.8, 4) is 0 Å². The molecular formula is C10H21N3O. The summed E-state index contributed by atoms with van der Waals surface area (Å²) in [5.74, 6) is -0.205. The third-order valence-electron chi connectivity index (χ3n) is 2.88. The van der Waals surface area contributed by atoms with Crippen LogP contribution >= 0.6 is 0 Å². The highest BCUT2D eigenvalue weighted by atomic mass is 16.1. The second-order valence-corrected chi connectivity index (χ2v) is 4.03. The van der Waals surface area contributed by atoms with E-state index in [1.807, 2.05) is 0 Å². The molecule has 82 valence electrons. The van der Waals surface area contributed by atoms with Gasteiger partial charge in [-0.15, -0.1) is 0 Å². The van der Waals surface area contributed by atoms with Gasteiger partial charge in [-0.05, 0) is 39.4 Å². The number of hydrogen-bond donors (Lipinski definition) is 2. The summed E-state index contributed by atoms with van der Waals surface area (Å²) in [5.41, 5.74) is 5.12. The number of nitrogens with two attached hydrogens (primary N) is 1. The van der Waals surface area contributed by atoms with Crippen molar-refractivity contribution in [2.75, 3.05) is 26.7 Å². The largest absolute Gasteiger partial charge is 0.370 e. The summed E-state index contributed by atoms with van der Waals surface area (Å²) in [5, 5.41) is 3.38. The summed E-state index contributed by atoms with van der Waals surface area (Å²) in [6.45, 7) is 3.01. The molecule has 1 amide bonds. The average Bonchev–Trinajstić information content (AvgIpc) is 2.42. The van der Waals surface area contributed by atoms with E-state index in [-0.39, 0.29) is 5.91 Å². The summed E-state index contributed by atoms with van der Waals surface area (Å²) in [6.07, 6.45) is 4.10. The smallest absolute Gasteiger partial charge is 0.218 e. The zero-order valence-corrected chi connectivity index (χ0v) is 8.96. The third-order valence-corrected chi connectivity index (χ3v) is 2.88. The molecule has 1 saturated heterocycles. The lowest BCUT2D eigenvalue weighted by atomic mass is 10.1. The fraction of sp³-hybridized carbons (Fsp3) is 0.900. The molecule has 1 aliphatic heterocycles. The molecule has 1 atom stereocenters. The molecule has 14 heavy (non-hydrogen) atoms. The molecule has 0 saturated carbocycles. The highest BCUT2D eigenvalue weighted by Gasteiger charge is 2.16. The maximum Gasteiger partial charge on any atom is 0.218 e. The fourth-order valence-corrected chi connectivity index (χ4v) is 1.91. The second-order valence-electron chi connectivity index (χ2n) is 4.03. The first kappa shape index (κ1) is 11.5. The lowest BCUT2D eigenvalue weighted by Crippen LogP contribution is -2.34. The van der Waals surface area contributed by atoms with Crippen LogP contribution < -0.4 is 11.1 Å². The highest BCUT2D eigenvalue weighted by Crippen LogP contribution is 2.11. The van der Waals surface area contributed by atoms with Gasteiger partial charge in [0, 0.05) is 19.0 Å². The molecular weight excluding hydrogens is 178 g/mol. The van der Waals surface area contributed by atoms with Crippen molar-refractivity contribution in [2.45, 2.75) is 31.7 Å². The van der Waals surface area contributed by atoms with E-state index in [0.717, 1.165) is 19.6 Å². The van der Waals surface area contributed by atoms with Gasteiger partial charge >= 0.3 is 0 Å². The van der Waals surface area contributed by atoms with Gasteiger partial charge in [-0.25, -0.2) is 0 Å². The van der Waals surface area contributed by atoms with Crippen molar-refractivity contribution in [1.29, 1.82) is 0 Å². The van der Waals surface area contributed by atoms with E-state index in [2.05, 4.69) is 17.3 Å². The summed E-state index contributed by atoms with van der Waals surface area (Å²) >= 11 is 0. The van der Waals surface area contributed by atoms with E-state index in [1.54, 1.807) is 0 Å². The number of carbonyl (C=O) groups excluding carboxylic acids is 1. The molecule has 1 heterocycles. The molecule has 0 radical (unpaired) electrons. The Morgan fingerprint density at radius 1 is 1.50 bits per heavy atom. The zero-order chi connectivity index (χ0) is 10.4. The molecule has 1 rings (SSSR count). The average molecular weight is 199 g/mol. The van der Waals surface area contributed by atoms with Crippen LogP contribution in [0.25, 0.3) is 0 Å². The number of rotatable bonds is 4. The minimum absolute atomic E-state index is 0.205. The van der Waals surface area contributed by atoms with Crippen LogP contribution in [-0.4, -0.2) is 43.5 Å². The highest BCUT2D eigenvalue weighted by molar-refractivity contribution is 5.73. The van der Waals surface area contributed by atoms with Gasteiger partial charge in [0.15, 0.2) is 0 Å². The summed E-state index contributed by atoms with van der Waals surface area (Å²) < 4.78 is 0. The molecule has 0 aromatic carbocycles. The zero-order valence-electron chi connectivity index (χ0n) is 8.96. The quantitative estimate of drug-likeness (QED) is 0.666. The number of amides is 1. The first-order chi connectivity index (χ1) is 6.70. The SMILES string of the molecule is CN(CCC(N)=O)C1CCCNCC1. The van der Waals surface area contributed by atoms with Crippen molar-refractivity contribution in [1.82, 2.24) is 10.2 Å². The van der Waals surface area contributed by atoms with Crippen molar-refractivity contribution in [3.05, 3.63) is 0 Å². The maximum absolute atomic E-state index is 10.6. The van der Waals surface area contributed by atoms with Crippen LogP contribution in [0.2, 0.25) is 0 Å². The van der Waals surface area contributed by atoms with Crippen molar-refractivity contribution in [2.24, 2.45) is 5.73 Å². The number of primary amides is 1. The third kappa shape index (κ3) is 4.07. The van der Waals surface area contributed by atoms with E-state index in [9.17, 15) is 4.79 Å². The van der Waals surface area contributed by atoms with Gasteiger partial charge in [-0.3, -0.25) is 4.79 Å². The van der Waals surface area contributed by atoms with E-state index in [0.29, 0.717) is 12.5 Å². The Morgan fingerprint density at radius 3 is 3.00 bits per heavy atom. The lowest BCUT2D eigenvalue weighted by Gasteiger charge is -2.26. The Bertz CT molecular complexity index is 176. The predicted octanol–water partition coefficient (Wildman–Crippen LogP) is -0.0643. The molecule has 4 nitrogen and oxygen atoms in total. The van der Waals surface area contributed by atoms with Crippen LogP contribution in [0.15, 0.2) is 0 Å². The van der Waals surface area contributed by atoms with Gasteiger partial charge in [0.05, 0.1) is 0 Å². The molecule has 0 spiro atoms. The number of carbonyl (C=O) groups is 1. The molecule has 0 aromatic rings. The molecule has 1 fully saturated rings.